The first-order valence-corrected chi connectivity index (χ1v) is 5.63. The Balaban J connectivity index is 2.64. The lowest BCUT2D eigenvalue weighted by molar-refractivity contribution is 0.190. The van der Waals surface area contributed by atoms with Gasteiger partial charge in [-0.05, 0) is 39.4 Å². The first-order valence-electron chi connectivity index (χ1n) is 5.63. The van der Waals surface area contributed by atoms with Gasteiger partial charge in [0.1, 0.15) is 0 Å². The molecule has 0 saturated carbocycles. The Kier molecular flexibility index (Phi) is 4.79. The fourth-order valence-corrected chi connectivity index (χ4v) is 1.79. The SMILES string of the molecule is CC(CCN)N(C)C(C)c1ccccc1. The number of hydrogen-bond acceptors (Lipinski definition) is 2. The number of rotatable bonds is 5. The maximum atomic E-state index is 5.58. The summed E-state index contributed by atoms with van der Waals surface area (Å²) in [7, 11) is 2.16. The van der Waals surface area contributed by atoms with Crippen molar-refractivity contribution in [3.63, 3.8) is 0 Å². The van der Waals surface area contributed by atoms with E-state index in [1.807, 2.05) is 0 Å². The van der Waals surface area contributed by atoms with Crippen LogP contribution in [0.2, 0.25) is 0 Å². The number of benzene rings is 1. The molecule has 2 N–H and O–H groups in total. The Hall–Kier alpha value is -0.860. The van der Waals surface area contributed by atoms with Gasteiger partial charge in [0.25, 0.3) is 0 Å². The lowest BCUT2D eigenvalue weighted by Crippen LogP contribution is -2.33. The molecular weight excluding hydrogens is 184 g/mol. The molecule has 0 fully saturated rings. The number of hydrogen-bond donors (Lipinski definition) is 1. The van der Waals surface area contributed by atoms with Gasteiger partial charge in [0.15, 0.2) is 0 Å². The van der Waals surface area contributed by atoms with E-state index in [1.165, 1.54) is 5.56 Å². The third-order valence-electron chi connectivity index (χ3n) is 3.17. The normalized spacial score (nSPS) is 15.3. The van der Waals surface area contributed by atoms with E-state index < -0.39 is 0 Å². The van der Waals surface area contributed by atoms with Crippen LogP contribution in [0.3, 0.4) is 0 Å². The zero-order valence-corrected chi connectivity index (χ0v) is 9.98. The molecule has 84 valence electrons. The summed E-state index contributed by atoms with van der Waals surface area (Å²) in [6, 6.07) is 11.6. The summed E-state index contributed by atoms with van der Waals surface area (Å²) < 4.78 is 0. The van der Waals surface area contributed by atoms with Crippen LogP contribution < -0.4 is 5.73 Å². The second-order valence-corrected chi connectivity index (χ2v) is 4.18. The first kappa shape index (κ1) is 12.2. The first-order chi connectivity index (χ1) is 7.16. The van der Waals surface area contributed by atoms with E-state index in [2.05, 4.69) is 56.1 Å². The van der Waals surface area contributed by atoms with E-state index in [1.54, 1.807) is 0 Å². The van der Waals surface area contributed by atoms with Gasteiger partial charge in [0.2, 0.25) is 0 Å². The molecular formula is C13H22N2. The zero-order valence-electron chi connectivity index (χ0n) is 9.98. The summed E-state index contributed by atoms with van der Waals surface area (Å²) in [6.07, 6.45) is 1.05. The minimum atomic E-state index is 0.452. The van der Waals surface area contributed by atoms with E-state index in [0.29, 0.717) is 12.1 Å². The van der Waals surface area contributed by atoms with Crippen molar-refractivity contribution in [3.8, 4) is 0 Å². The Morgan fingerprint density at radius 1 is 1.20 bits per heavy atom. The van der Waals surface area contributed by atoms with Crippen molar-refractivity contribution < 1.29 is 0 Å². The molecule has 0 aliphatic heterocycles. The van der Waals surface area contributed by atoms with Crippen LogP contribution in [0.5, 0.6) is 0 Å². The molecule has 0 radical (unpaired) electrons. The van der Waals surface area contributed by atoms with Gasteiger partial charge in [0, 0.05) is 12.1 Å². The average Bonchev–Trinajstić information content (AvgIpc) is 2.28. The van der Waals surface area contributed by atoms with Crippen molar-refractivity contribution in [1.29, 1.82) is 0 Å². The van der Waals surface area contributed by atoms with Crippen molar-refractivity contribution in [2.75, 3.05) is 13.6 Å². The van der Waals surface area contributed by atoms with Gasteiger partial charge in [0.05, 0.1) is 0 Å². The molecule has 2 heteroatoms. The Labute approximate surface area is 93.1 Å². The Morgan fingerprint density at radius 3 is 2.33 bits per heavy atom. The summed E-state index contributed by atoms with van der Waals surface area (Å²) in [4.78, 5) is 2.38. The minimum absolute atomic E-state index is 0.452. The fourth-order valence-electron chi connectivity index (χ4n) is 1.79. The van der Waals surface area contributed by atoms with Gasteiger partial charge in [-0.1, -0.05) is 30.3 Å². The van der Waals surface area contributed by atoms with Crippen molar-refractivity contribution >= 4 is 0 Å². The molecule has 15 heavy (non-hydrogen) atoms. The Bertz CT molecular complexity index is 271. The highest BCUT2D eigenvalue weighted by Gasteiger charge is 2.16. The largest absolute Gasteiger partial charge is 0.330 e. The van der Waals surface area contributed by atoms with Crippen LogP contribution in [0.1, 0.15) is 31.9 Å². The molecule has 0 aliphatic rings. The van der Waals surface area contributed by atoms with Gasteiger partial charge in [-0.15, -0.1) is 0 Å². The van der Waals surface area contributed by atoms with E-state index in [-0.39, 0.29) is 0 Å². The second-order valence-electron chi connectivity index (χ2n) is 4.18. The van der Waals surface area contributed by atoms with E-state index in [4.69, 9.17) is 5.73 Å². The summed E-state index contributed by atoms with van der Waals surface area (Å²) in [6.45, 7) is 5.22. The van der Waals surface area contributed by atoms with Crippen molar-refractivity contribution in [3.05, 3.63) is 35.9 Å². The van der Waals surface area contributed by atoms with Gasteiger partial charge in [-0.2, -0.15) is 0 Å². The molecule has 2 atom stereocenters. The number of nitrogens with two attached hydrogens (primary N) is 1. The minimum Gasteiger partial charge on any atom is -0.330 e. The van der Waals surface area contributed by atoms with Crippen molar-refractivity contribution in [1.82, 2.24) is 4.90 Å². The van der Waals surface area contributed by atoms with Crippen molar-refractivity contribution in [2.45, 2.75) is 32.4 Å². The van der Waals surface area contributed by atoms with Crippen LogP contribution in [-0.2, 0) is 0 Å². The van der Waals surface area contributed by atoms with Crippen LogP contribution in [-0.4, -0.2) is 24.5 Å². The standard InChI is InChI=1S/C13H22N2/c1-11(9-10-14)15(3)12(2)13-7-5-4-6-8-13/h4-8,11-12H,9-10,14H2,1-3H3. The average molecular weight is 206 g/mol. The lowest BCUT2D eigenvalue weighted by atomic mass is 10.1. The summed E-state index contributed by atoms with van der Waals surface area (Å²) >= 11 is 0. The molecule has 2 unspecified atom stereocenters. The highest BCUT2D eigenvalue weighted by molar-refractivity contribution is 5.18. The Morgan fingerprint density at radius 2 is 1.80 bits per heavy atom. The fraction of sp³-hybridized carbons (Fsp3) is 0.538. The highest BCUT2D eigenvalue weighted by Crippen LogP contribution is 2.20. The predicted molar refractivity (Wildman–Crippen MR) is 65.8 cm³/mol. The monoisotopic (exact) mass is 206 g/mol. The molecule has 0 bridgehead atoms. The van der Waals surface area contributed by atoms with Crippen LogP contribution in [0.25, 0.3) is 0 Å². The summed E-state index contributed by atoms with van der Waals surface area (Å²) in [5.74, 6) is 0. The van der Waals surface area contributed by atoms with Gasteiger partial charge < -0.3 is 5.73 Å². The molecule has 0 aliphatic carbocycles. The molecule has 0 spiro atoms. The smallest absolute Gasteiger partial charge is 0.0319 e. The summed E-state index contributed by atoms with van der Waals surface area (Å²) in [5, 5.41) is 0. The quantitative estimate of drug-likeness (QED) is 0.801. The number of nitrogens with zero attached hydrogens (tertiary/aromatic N) is 1. The predicted octanol–water partition coefficient (Wildman–Crippen LogP) is 2.42. The molecule has 2 nitrogen and oxygen atoms in total. The third-order valence-corrected chi connectivity index (χ3v) is 3.17. The highest BCUT2D eigenvalue weighted by atomic mass is 15.1. The van der Waals surface area contributed by atoms with Crippen LogP contribution >= 0.6 is 0 Å². The van der Waals surface area contributed by atoms with Crippen LogP contribution in [0, 0.1) is 0 Å². The van der Waals surface area contributed by atoms with E-state index >= 15 is 0 Å². The maximum absolute atomic E-state index is 5.58. The summed E-state index contributed by atoms with van der Waals surface area (Å²) in [5.41, 5.74) is 6.94. The van der Waals surface area contributed by atoms with E-state index in [0.717, 1.165) is 13.0 Å². The van der Waals surface area contributed by atoms with Crippen molar-refractivity contribution in [2.24, 2.45) is 5.73 Å². The van der Waals surface area contributed by atoms with Gasteiger partial charge in [-0.25, -0.2) is 0 Å². The molecule has 1 aromatic rings. The zero-order chi connectivity index (χ0) is 11.3. The molecule has 0 saturated heterocycles. The van der Waals surface area contributed by atoms with Gasteiger partial charge in [-0.3, -0.25) is 4.90 Å². The molecule has 0 heterocycles. The maximum Gasteiger partial charge on any atom is 0.0319 e. The molecule has 0 amide bonds. The third kappa shape index (κ3) is 3.33. The molecule has 1 rings (SSSR count). The molecule has 1 aromatic carbocycles. The van der Waals surface area contributed by atoms with E-state index in [9.17, 15) is 0 Å². The topological polar surface area (TPSA) is 29.3 Å². The van der Waals surface area contributed by atoms with Crippen LogP contribution in [0.4, 0.5) is 0 Å². The second kappa shape index (κ2) is 5.89. The van der Waals surface area contributed by atoms with Crippen LogP contribution in [0.15, 0.2) is 30.3 Å². The molecule has 0 aromatic heterocycles. The van der Waals surface area contributed by atoms with Gasteiger partial charge >= 0.3 is 0 Å². The lowest BCUT2D eigenvalue weighted by Gasteiger charge is -2.31.